The first-order valence-corrected chi connectivity index (χ1v) is 9.48. The van der Waals surface area contributed by atoms with Crippen LogP contribution in [-0.2, 0) is 17.6 Å². The maximum Gasteiger partial charge on any atom is 0.226 e. The first-order valence-electron chi connectivity index (χ1n) is 9.10. The van der Waals surface area contributed by atoms with Gasteiger partial charge in [0.1, 0.15) is 0 Å². The van der Waals surface area contributed by atoms with Crippen LogP contribution in [0, 0.1) is 12.5 Å². The molecular formula is C22H23ClN2O3. The van der Waals surface area contributed by atoms with Crippen LogP contribution in [0.25, 0.3) is 4.85 Å². The van der Waals surface area contributed by atoms with Crippen molar-refractivity contribution in [3.63, 3.8) is 0 Å². The topological polar surface area (TPSA) is 70.8 Å². The number of nitrogens with zero attached hydrogens (tertiary/aromatic N) is 1. The Morgan fingerprint density at radius 1 is 1.21 bits per heavy atom. The van der Waals surface area contributed by atoms with Crippen molar-refractivity contribution in [2.45, 2.75) is 32.8 Å². The predicted octanol–water partition coefficient (Wildman–Crippen LogP) is 3.99. The summed E-state index contributed by atoms with van der Waals surface area (Å²) in [5.41, 5.74) is 2.50. The van der Waals surface area contributed by atoms with Crippen molar-refractivity contribution in [1.82, 2.24) is 5.32 Å². The molecule has 0 spiro atoms. The third-order valence-electron chi connectivity index (χ3n) is 4.67. The number of Topliss-reactive ketones (excluding diaryl/α,β-unsaturated/α-hetero) is 1. The summed E-state index contributed by atoms with van der Waals surface area (Å²) in [7, 11) is 0. The smallest absolute Gasteiger partial charge is 0.226 e. The average molecular weight is 399 g/mol. The van der Waals surface area contributed by atoms with Gasteiger partial charge in [-0.25, -0.2) is 4.85 Å². The van der Waals surface area contributed by atoms with Crippen LogP contribution in [-0.4, -0.2) is 29.4 Å². The molecule has 2 aromatic rings. The van der Waals surface area contributed by atoms with E-state index in [9.17, 15) is 14.7 Å². The molecule has 0 aliphatic rings. The molecule has 146 valence electrons. The Kier molecular flexibility index (Phi) is 7.74. The second-order valence-electron chi connectivity index (χ2n) is 6.56. The summed E-state index contributed by atoms with van der Waals surface area (Å²) in [6, 6.07) is 12.1. The van der Waals surface area contributed by atoms with Crippen molar-refractivity contribution in [2.24, 2.45) is 5.92 Å². The molecular weight excluding hydrogens is 376 g/mol. The number of hydrogen-bond donors (Lipinski definition) is 2. The first kappa shape index (κ1) is 21.6. The Morgan fingerprint density at radius 3 is 2.46 bits per heavy atom. The van der Waals surface area contributed by atoms with Gasteiger partial charge in [-0.05, 0) is 30.9 Å². The highest BCUT2D eigenvalue weighted by Crippen LogP contribution is 2.33. The Hall–Kier alpha value is -2.68. The molecule has 0 fully saturated rings. The molecule has 0 aliphatic carbocycles. The predicted molar refractivity (Wildman–Crippen MR) is 110 cm³/mol. The third-order valence-corrected chi connectivity index (χ3v) is 5.09. The fraction of sp³-hybridized carbons (Fsp3) is 0.318. The third kappa shape index (κ3) is 5.19. The van der Waals surface area contributed by atoms with Crippen LogP contribution in [0.4, 0.5) is 5.69 Å². The molecule has 0 unspecified atom stereocenters. The van der Waals surface area contributed by atoms with Gasteiger partial charge in [-0.15, -0.1) is 0 Å². The molecule has 1 amide bonds. The molecule has 2 N–H and O–H groups in total. The molecule has 0 aromatic heterocycles. The van der Waals surface area contributed by atoms with Crippen LogP contribution in [0.5, 0.6) is 0 Å². The van der Waals surface area contributed by atoms with Gasteiger partial charge in [0.25, 0.3) is 0 Å². The highest BCUT2D eigenvalue weighted by atomic mass is 35.5. The second-order valence-corrected chi connectivity index (χ2v) is 6.94. The zero-order chi connectivity index (χ0) is 20.7. The summed E-state index contributed by atoms with van der Waals surface area (Å²) in [4.78, 5) is 28.2. The molecule has 28 heavy (non-hydrogen) atoms. The van der Waals surface area contributed by atoms with E-state index < -0.39 is 17.9 Å². The van der Waals surface area contributed by atoms with Gasteiger partial charge in [-0.3, -0.25) is 9.59 Å². The monoisotopic (exact) mass is 398 g/mol. The Morgan fingerprint density at radius 2 is 1.89 bits per heavy atom. The summed E-state index contributed by atoms with van der Waals surface area (Å²) in [6.07, 6.45) is -0.0293. The van der Waals surface area contributed by atoms with Gasteiger partial charge in [-0.2, -0.15) is 0 Å². The number of benzene rings is 2. The summed E-state index contributed by atoms with van der Waals surface area (Å²) in [5.74, 6) is -1.33. The number of amides is 1. The molecule has 5 nitrogen and oxygen atoms in total. The first-order chi connectivity index (χ1) is 13.4. The average Bonchev–Trinajstić information content (AvgIpc) is 2.70. The van der Waals surface area contributed by atoms with E-state index in [2.05, 4.69) is 10.2 Å². The highest BCUT2D eigenvalue weighted by molar-refractivity contribution is 6.34. The fourth-order valence-electron chi connectivity index (χ4n) is 3.05. The van der Waals surface area contributed by atoms with Gasteiger partial charge in [0.15, 0.2) is 5.78 Å². The lowest BCUT2D eigenvalue weighted by Crippen LogP contribution is -2.40. The van der Waals surface area contributed by atoms with Crippen molar-refractivity contribution in [3.05, 3.63) is 75.6 Å². The lowest BCUT2D eigenvalue weighted by molar-refractivity contribution is -0.127. The van der Waals surface area contributed by atoms with E-state index in [1.165, 1.54) is 0 Å². The summed E-state index contributed by atoms with van der Waals surface area (Å²) in [6.45, 7) is 10.5. The van der Waals surface area contributed by atoms with Crippen LogP contribution in [0.1, 0.15) is 35.3 Å². The van der Waals surface area contributed by atoms with Crippen LogP contribution in [0.3, 0.4) is 0 Å². The number of carbonyl (C=O) groups is 2. The minimum Gasteiger partial charge on any atom is -0.393 e. The number of ketones is 1. The van der Waals surface area contributed by atoms with Gasteiger partial charge >= 0.3 is 0 Å². The molecule has 0 saturated heterocycles. The van der Waals surface area contributed by atoms with Gasteiger partial charge in [0.2, 0.25) is 11.6 Å². The zero-order valence-electron chi connectivity index (χ0n) is 15.9. The number of carbonyl (C=O) groups excluding carboxylic acids is 2. The van der Waals surface area contributed by atoms with Gasteiger partial charge in [0.05, 0.1) is 30.2 Å². The largest absolute Gasteiger partial charge is 0.393 e. The lowest BCUT2D eigenvalue weighted by atomic mass is 9.90. The van der Waals surface area contributed by atoms with Crippen molar-refractivity contribution in [3.8, 4) is 0 Å². The molecule has 0 aliphatic heterocycles. The minimum absolute atomic E-state index is 0.135. The maximum absolute atomic E-state index is 12.6. The second kappa shape index (κ2) is 10.0. The van der Waals surface area contributed by atoms with Gasteiger partial charge < -0.3 is 10.4 Å². The summed E-state index contributed by atoms with van der Waals surface area (Å²) >= 11 is 6.31. The van der Waals surface area contributed by atoms with E-state index in [1.54, 1.807) is 43.3 Å². The van der Waals surface area contributed by atoms with E-state index in [0.717, 1.165) is 11.1 Å². The molecule has 0 heterocycles. The standard InChI is InChI=1S/C22H23ClN2O3/c1-4-17-16(10-11-19(24-3)21(17)23)12-18(14(2)26)22(28)25-13-20(27)15-8-6-5-7-9-15/h5-11,14,18,26H,4,12-13H2,1-2H3,(H,25,28)/t14-,18+/m0/s1. The maximum atomic E-state index is 12.6. The van der Waals surface area contributed by atoms with E-state index in [1.807, 2.05) is 13.0 Å². The van der Waals surface area contributed by atoms with Crippen molar-refractivity contribution >= 4 is 29.0 Å². The molecule has 0 radical (unpaired) electrons. The number of aliphatic hydroxyl groups is 1. The fourth-order valence-corrected chi connectivity index (χ4v) is 3.41. The van der Waals surface area contributed by atoms with E-state index in [4.69, 9.17) is 18.2 Å². The van der Waals surface area contributed by atoms with Crippen LogP contribution in [0.2, 0.25) is 5.02 Å². The summed E-state index contributed by atoms with van der Waals surface area (Å²) < 4.78 is 0. The van der Waals surface area contributed by atoms with E-state index in [-0.39, 0.29) is 18.7 Å². The molecule has 2 rings (SSSR count). The Labute approximate surface area is 170 Å². The zero-order valence-corrected chi connectivity index (χ0v) is 16.7. The molecule has 2 aromatic carbocycles. The minimum atomic E-state index is -0.907. The number of aliphatic hydroxyl groups excluding tert-OH is 1. The molecule has 0 saturated carbocycles. The lowest BCUT2D eigenvalue weighted by Gasteiger charge is -2.21. The van der Waals surface area contributed by atoms with Crippen LogP contribution in [0.15, 0.2) is 42.5 Å². The molecule has 0 bridgehead atoms. The number of rotatable bonds is 8. The molecule has 6 heteroatoms. The highest BCUT2D eigenvalue weighted by Gasteiger charge is 2.26. The number of nitrogens with one attached hydrogen (secondary N) is 1. The number of halogens is 1. The normalized spacial score (nSPS) is 12.7. The quantitative estimate of drug-likeness (QED) is 0.521. The van der Waals surface area contributed by atoms with E-state index in [0.29, 0.717) is 22.7 Å². The van der Waals surface area contributed by atoms with Gasteiger partial charge in [0, 0.05) is 5.56 Å². The Balaban J connectivity index is 2.13. The van der Waals surface area contributed by atoms with Crippen LogP contribution >= 0.6 is 11.6 Å². The molecule has 2 atom stereocenters. The van der Waals surface area contributed by atoms with Gasteiger partial charge in [-0.1, -0.05) is 61.0 Å². The SMILES string of the molecule is [C-]#[N+]c1ccc(C[C@@H](C(=O)NCC(=O)c2ccccc2)[C@H](C)O)c(CC)c1Cl. The van der Waals surface area contributed by atoms with Crippen molar-refractivity contribution in [2.75, 3.05) is 6.54 Å². The summed E-state index contributed by atoms with van der Waals surface area (Å²) in [5, 5.41) is 13.1. The van der Waals surface area contributed by atoms with Crippen molar-refractivity contribution in [1.29, 1.82) is 0 Å². The Bertz CT molecular complexity index is 889. The number of hydrogen-bond acceptors (Lipinski definition) is 3. The van der Waals surface area contributed by atoms with Crippen molar-refractivity contribution < 1.29 is 14.7 Å². The van der Waals surface area contributed by atoms with Crippen LogP contribution < -0.4 is 5.32 Å². The van der Waals surface area contributed by atoms with E-state index >= 15 is 0 Å².